The Hall–Kier alpha value is -2.93. The molecule has 0 bridgehead atoms. The van der Waals surface area contributed by atoms with Gasteiger partial charge in [-0.3, -0.25) is 4.79 Å². The topological polar surface area (TPSA) is 58.1 Å². The van der Waals surface area contributed by atoms with Gasteiger partial charge in [0.15, 0.2) is 0 Å². The Bertz CT molecular complexity index is 837. The van der Waals surface area contributed by atoms with Gasteiger partial charge in [0.05, 0.1) is 6.21 Å². The Morgan fingerprint density at radius 3 is 2.59 bits per heavy atom. The molecule has 1 aromatic heterocycles. The molecular weight excluding hydrogens is 274 g/mol. The molecule has 0 aliphatic heterocycles. The molecule has 2 rings (SSSR count). The van der Waals surface area contributed by atoms with Crippen molar-refractivity contribution in [3.63, 3.8) is 0 Å². The van der Waals surface area contributed by atoms with Crippen molar-refractivity contribution >= 4 is 12.3 Å². The zero-order chi connectivity index (χ0) is 16.1. The van der Waals surface area contributed by atoms with Gasteiger partial charge in [-0.1, -0.05) is 36.4 Å². The summed E-state index contributed by atoms with van der Waals surface area (Å²) in [6.45, 7) is 5.46. The molecular formula is C18H17N3O. The molecule has 0 atom stereocenters. The van der Waals surface area contributed by atoms with E-state index < -0.39 is 0 Å². The molecule has 0 unspecified atom stereocenters. The van der Waals surface area contributed by atoms with Gasteiger partial charge in [0.1, 0.15) is 11.6 Å². The van der Waals surface area contributed by atoms with Gasteiger partial charge in [-0.25, -0.2) is 4.68 Å². The van der Waals surface area contributed by atoms with E-state index in [4.69, 9.17) is 5.26 Å². The fourth-order valence-electron chi connectivity index (χ4n) is 2.16. The van der Waals surface area contributed by atoms with Crippen molar-refractivity contribution < 1.29 is 0 Å². The largest absolute Gasteiger partial charge is 0.289 e. The number of hydrogen-bond donors (Lipinski definition) is 0. The van der Waals surface area contributed by atoms with Crippen LogP contribution >= 0.6 is 0 Å². The van der Waals surface area contributed by atoms with Crippen molar-refractivity contribution in [1.82, 2.24) is 4.68 Å². The highest BCUT2D eigenvalue weighted by Gasteiger charge is 2.08. The fraction of sp³-hybridized carbons (Fsp3) is 0.167. The van der Waals surface area contributed by atoms with Crippen LogP contribution in [0, 0.1) is 25.2 Å². The van der Waals surface area contributed by atoms with E-state index in [9.17, 15) is 4.79 Å². The summed E-state index contributed by atoms with van der Waals surface area (Å²) in [5, 5.41) is 13.3. The second kappa shape index (κ2) is 6.68. The van der Waals surface area contributed by atoms with Crippen LogP contribution in [-0.4, -0.2) is 10.9 Å². The molecule has 0 aliphatic rings. The lowest BCUT2D eigenvalue weighted by molar-refractivity contribution is 0.786. The molecule has 0 radical (unpaired) electrons. The maximum Gasteiger partial charge on any atom is 0.289 e. The van der Waals surface area contributed by atoms with Gasteiger partial charge >= 0.3 is 0 Å². The number of allylic oxidation sites excluding steroid dienone is 1. The summed E-state index contributed by atoms with van der Waals surface area (Å²) in [7, 11) is 0. The second-order valence-corrected chi connectivity index (χ2v) is 5.12. The Labute approximate surface area is 129 Å². The first-order chi connectivity index (χ1) is 10.5. The summed E-state index contributed by atoms with van der Waals surface area (Å²) >= 11 is 0. The molecule has 4 heteroatoms. The Morgan fingerprint density at radius 2 is 1.95 bits per heavy atom. The average Bonchev–Trinajstić information content (AvgIpc) is 2.48. The maximum atomic E-state index is 12.2. The number of nitrogens with zero attached hydrogens (tertiary/aromatic N) is 3. The van der Waals surface area contributed by atoms with Crippen LogP contribution in [-0.2, 0) is 0 Å². The standard InChI is InChI=1S/C18H17N3O/c1-13(9-16-7-5-4-6-8-16)12-20-21-15(3)10-14(2)17(11-19)18(21)22/h4-10,12H,1-3H3/b13-9+,20-12-. The van der Waals surface area contributed by atoms with Crippen LogP contribution in [0.1, 0.15) is 29.3 Å². The predicted octanol–water partition coefficient (Wildman–Crippen LogP) is 3.27. The highest BCUT2D eigenvalue weighted by Crippen LogP contribution is 2.07. The van der Waals surface area contributed by atoms with Crippen molar-refractivity contribution in [2.75, 3.05) is 0 Å². The van der Waals surface area contributed by atoms with Gasteiger partial charge in [0.2, 0.25) is 0 Å². The molecule has 2 aromatic rings. The van der Waals surface area contributed by atoms with E-state index >= 15 is 0 Å². The van der Waals surface area contributed by atoms with E-state index in [1.54, 1.807) is 26.1 Å². The first kappa shape index (κ1) is 15.5. The smallest absolute Gasteiger partial charge is 0.266 e. The minimum Gasteiger partial charge on any atom is -0.266 e. The minimum absolute atomic E-state index is 0.132. The van der Waals surface area contributed by atoms with Crippen LogP contribution in [0.5, 0.6) is 0 Å². The summed E-state index contributed by atoms with van der Waals surface area (Å²) in [5.74, 6) is 0. The van der Waals surface area contributed by atoms with Gasteiger partial charge in [-0.05, 0) is 43.5 Å². The normalized spacial score (nSPS) is 11.6. The minimum atomic E-state index is -0.385. The second-order valence-electron chi connectivity index (χ2n) is 5.12. The Kier molecular flexibility index (Phi) is 4.70. The third-order valence-corrected chi connectivity index (χ3v) is 3.24. The molecule has 4 nitrogen and oxygen atoms in total. The molecule has 0 spiro atoms. The van der Waals surface area contributed by atoms with Gasteiger partial charge < -0.3 is 0 Å². The number of aromatic nitrogens is 1. The number of aryl methyl sites for hydroxylation is 2. The first-order valence-corrected chi connectivity index (χ1v) is 6.94. The van der Waals surface area contributed by atoms with Gasteiger partial charge in [-0.2, -0.15) is 10.4 Å². The van der Waals surface area contributed by atoms with Crippen molar-refractivity contribution in [1.29, 1.82) is 5.26 Å². The Morgan fingerprint density at radius 1 is 1.27 bits per heavy atom. The van der Waals surface area contributed by atoms with E-state index in [-0.39, 0.29) is 11.1 Å². The molecule has 0 amide bonds. The lowest BCUT2D eigenvalue weighted by atomic mass is 10.1. The summed E-state index contributed by atoms with van der Waals surface area (Å²) in [5.41, 5.74) is 3.10. The number of pyridine rings is 1. The van der Waals surface area contributed by atoms with Crippen LogP contribution in [0.3, 0.4) is 0 Å². The fourth-order valence-corrected chi connectivity index (χ4v) is 2.16. The zero-order valence-corrected chi connectivity index (χ0v) is 12.9. The van der Waals surface area contributed by atoms with Gasteiger partial charge in [-0.15, -0.1) is 0 Å². The molecule has 22 heavy (non-hydrogen) atoms. The summed E-state index contributed by atoms with van der Waals surface area (Å²) in [6, 6.07) is 13.6. The number of hydrogen-bond acceptors (Lipinski definition) is 3. The van der Waals surface area contributed by atoms with Crippen molar-refractivity contribution in [3.8, 4) is 6.07 Å². The summed E-state index contributed by atoms with van der Waals surface area (Å²) < 4.78 is 1.26. The first-order valence-electron chi connectivity index (χ1n) is 6.94. The maximum absolute atomic E-state index is 12.2. The molecule has 0 aliphatic carbocycles. The zero-order valence-electron chi connectivity index (χ0n) is 12.9. The highest BCUT2D eigenvalue weighted by molar-refractivity contribution is 5.84. The summed E-state index contributed by atoms with van der Waals surface area (Å²) in [4.78, 5) is 12.2. The SMILES string of the molecule is CC(/C=N\n1c(C)cc(C)c(C#N)c1=O)=C\c1ccccc1. The third kappa shape index (κ3) is 3.39. The molecule has 1 aromatic carbocycles. The molecule has 110 valence electrons. The molecule has 0 saturated heterocycles. The average molecular weight is 291 g/mol. The van der Waals surface area contributed by atoms with Crippen LogP contribution in [0.25, 0.3) is 6.08 Å². The highest BCUT2D eigenvalue weighted by atomic mass is 16.1. The van der Waals surface area contributed by atoms with Crippen LogP contribution < -0.4 is 5.56 Å². The number of nitriles is 1. The predicted molar refractivity (Wildman–Crippen MR) is 88.9 cm³/mol. The van der Waals surface area contributed by atoms with E-state index in [2.05, 4.69) is 5.10 Å². The molecule has 0 fully saturated rings. The quantitative estimate of drug-likeness (QED) is 0.815. The van der Waals surface area contributed by atoms with Crippen molar-refractivity contribution in [2.24, 2.45) is 5.10 Å². The number of rotatable bonds is 3. The van der Waals surface area contributed by atoms with Crippen LogP contribution in [0.4, 0.5) is 0 Å². The monoisotopic (exact) mass is 291 g/mol. The van der Waals surface area contributed by atoms with E-state index in [1.165, 1.54) is 4.68 Å². The van der Waals surface area contributed by atoms with E-state index in [1.807, 2.05) is 49.4 Å². The van der Waals surface area contributed by atoms with Crippen LogP contribution in [0.2, 0.25) is 0 Å². The molecule has 0 N–H and O–H groups in total. The lowest BCUT2D eigenvalue weighted by Gasteiger charge is -2.06. The number of benzene rings is 1. The van der Waals surface area contributed by atoms with Crippen molar-refractivity contribution in [3.05, 3.63) is 74.7 Å². The third-order valence-electron chi connectivity index (χ3n) is 3.24. The molecule has 0 saturated carbocycles. The van der Waals surface area contributed by atoms with E-state index in [0.717, 1.165) is 11.1 Å². The Balaban J connectivity index is 2.37. The van der Waals surface area contributed by atoms with Gasteiger partial charge in [0, 0.05) is 5.69 Å². The van der Waals surface area contributed by atoms with Crippen molar-refractivity contribution in [2.45, 2.75) is 20.8 Å². The van der Waals surface area contributed by atoms with E-state index in [0.29, 0.717) is 11.3 Å². The summed E-state index contributed by atoms with van der Waals surface area (Å²) in [6.07, 6.45) is 3.60. The lowest BCUT2D eigenvalue weighted by Crippen LogP contribution is -2.22. The van der Waals surface area contributed by atoms with Crippen LogP contribution in [0.15, 0.2) is 51.9 Å². The molecule has 1 heterocycles. The van der Waals surface area contributed by atoms with Gasteiger partial charge in [0.25, 0.3) is 5.56 Å².